The van der Waals surface area contributed by atoms with E-state index in [4.69, 9.17) is 9.26 Å². The number of nitrogens with zero attached hydrogens (tertiary/aromatic N) is 2. The van der Waals surface area contributed by atoms with Crippen LogP contribution in [0.5, 0.6) is 0 Å². The molecule has 5 heteroatoms. The third-order valence-electron chi connectivity index (χ3n) is 3.65. The molecule has 2 heterocycles. The number of methoxy groups -OCH3 is 1. The van der Waals surface area contributed by atoms with Gasteiger partial charge in [-0.3, -0.25) is 0 Å². The first-order valence-electron chi connectivity index (χ1n) is 6.89. The maximum absolute atomic E-state index is 5.36. The van der Waals surface area contributed by atoms with Crippen LogP contribution in [-0.4, -0.2) is 29.9 Å². The van der Waals surface area contributed by atoms with E-state index in [-0.39, 0.29) is 12.1 Å². The fourth-order valence-corrected chi connectivity index (χ4v) is 2.56. The van der Waals surface area contributed by atoms with Crippen LogP contribution in [0.2, 0.25) is 0 Å². The van der Waals surface area contributed by atoms with Crippen molar-refractivity contribution in [2.24, 2.45) is 0 Å². The van der Waals surface area contributed by atoms with E-state index >= 15 is 0 Å². The molecule has 3 rings (SSSR count). The molecule has 0 radical (unpaired) electrons. The van der Waals surface area contributed by atoms with Gasteiger partial charge in [0.15, 0.2) is 5.82 Å². The zero-order valence-electron chi connectivity index (χ0n) is 11.8. The summed E-state index contributed by atoms with van der Waals surface area (Å²) in [4.78, 5) is 4.49. The van der Waals surface area contributed by atoms with Crippen LogP contribution in [0.1, 0.15) is 35.3 Å². The van der Waals surface area contributed by atoms with Crippen molar-refractivity contribution < 1.29 is 9.26 Å². The predicted molar refractivity (Wildman–Crippen MR) is 74.4 cm³/mol. The zero-order chi connectivity index (χ0) is 13.9. The van der Waals surface area contributed by atoms with E-state index in [1.54, 1.807) is 7.11 Å². The standard InChI is InChI=1S/C15H19N3O2/c1-10-4-3-5-11(6-10)7-14-17-15(20-18-14)13-8-12(19-2)9-16-13/h3-6,12-13,16H,7-9H2,1-2H3/t12-,13+/m0/s1. The van der Waals surface area contributed by atoms with E-state index in [0.29, 0.717) is 12.3 Å². The highest BCUT2D eigenvalue weighted by atomic mass is 16.5. The molecule has 20 heavy (non-hydrogen) atoms. The van der Waals surface area contributed by atoms with Gasteiger partial charge in [0.05, 0.1) is 12.1 Å². The second kappa shape index (κ2) is 5.73. The summed E-state index contributed by atoms with van der Waals surface area (Å²) in [6.07, 6.45) is 1.81. The van der Waals surface area contributed by atoms with Crippen molar-refractivity contribution in [3.8, 4) is 0 Å². The molecule has 0 bridgehead atoms. The number of aromatic nitrogens is 2. The van der Waals surface area contributed by atoms with Crippen LogP contribution in [-0.2, 0) is 11.2 Å². The molecule has 0 aliphatic carbocycles. The molecular weight excluding hydrogens is 254 g/mol. The third-order valence-corrected chi connectivity index (χ3v) is 3.65. The third kappa shape index (κ3) is 2.89. The fraction of sp³-hybridized carbons (Fsp3) is 0.467. The molecule has 0 saturated carbocycles. The molecule has 106 valence electrons. The molecule has 1 fully saturated rings. The zero-order valence-corrected chi connectivity index (χ0v) is 11.8. The monoisotopic (exact) mass is 273 g/mol. The summed E-state index contributed by atoms with van der Waals surface area (Å²) in [7, 11) is 1.73. The summed E-state index contributed by atoms with van der Waals surface area (Å²) >= 11 is 0. The van der Waals surface area contributed by atoms with Gasteiger partial charge in [0.1, 0.15) is 0 Å². The molecule has 0 spiro atoms. The van der Waals surface area contributed by atoms with Gasteiger partial charge < -0.3 is 14.6 Å². The second-order valence-corrected chi connectivity index (χ2v) is 5.27. The number of rotatable bonds is 4. The average Bonchev–Trinajstić information content (AvgIpc) is 3.07. The van der Waals surface area contributed by atoms with Crippen LogP contribution >= 0.6 is 0 Å². The molecule has 1 aromatic heterocycles. The summed E-state index contributed by atoms with van der Waals surface area (Å²) in [6.45, 7) is 2.91. The Morgan fingerprint density at radius 1 is 1.45 bits per heavy atom. The lowest BCUT2D eigenvalue weighted by Crippen LogP contribution is -2.16. The molecule has 0 unspecified atom stereocenters. The summed E-state index contributed by atoms with van der Waals surface area (Å²) in [5.74, 6) is 1.39. The van der Waals surface area contributed by atoms with E-state index in [1.807, 2.05) is 6.07 Å². The maximum Gasteiger partial charge on any atom is 0.243 e. The average molecular weight is 273 g/mol. The van der Waals surface area contributed by atoms with Gasteiger partial charge >= 0.3 is 0 Å². The first-order chi connectivity index (χ1) is 9.74. The van der Waals surface area contributed by atoms with Gasteiger partial charge in [-0.1, -0.05) is 35.0 Å². The Hall–Kier alpha value is -1.72. The molecule has 1 saturated heterocycles. The molecule has 1 aliphatic heterocycles. The Morgan fingerprint density at radius 3 is 3.10 bits per heavy atom. The molecule has 0 amide bonds. The van der Waals surface area contributed by atoms with Crippen LogP contribution in [0, 0.1) is 6.92 Å². The van der Waals surface area contributed by atoms with Gasteiger partial charge in [0.2, 0.25) is 5.89 Å². The normalized spacial score (nSPS) is 22.3. The van der Waals surface area contributed by atoms with Gasteiger partial charge in [-0.25, -0.2) is 0 Å². The van der Waals surface area contributed by atoms with Crippen molar-refractivity contribution >= 4 is 0 Å². The van der Waals surface area contributed by atoms with E-state index in [0.717, 1.165) is 18.8 Å². The number of hydrogen-bond acceptors (Lipinski definition) is 5. The lowest BCUT2D eigenvalue weighted by Gasteiger charge is -2.04. The second-order valence-electron chi connectivity index (χ2n) is 5.27. The Bertz CT molecular complexity index is 582. The summed E-state index contributed by atoms with van der Waals surface area (Å²) < 4.78 is 10.7. The van der Waals surface area contributed by atoms with Gasteiger partial charge in [0.25, 0.3) is 0 Å². The van der Waals surface area contributed by atoms with Gasteiger partial charge in [0, 0.05) is 20.1 Å². The number of ether oxygens (including phenoxy) is 1. The highest BCUT2D eigenvalue weighted by molar-refractivity contribution is 5.24. The first kappa shape index (κ1) is 13.3. The van der Waals surface area contributed by atoms with Gasteiger partial charge in [-0.15, -0.1) is 0 Å². The summed E-state index contributed by atoms with van der Waals surface area (Å²) in [5.41, 5.74) is 2.44. The first-order valence-corrected chi connectivity index (χ1v) is 6.89. The fourth-order valence-electron chi connectivity index (χ4n) is 2.56. The van der Waals surface area contributed by atoms with Crippen LogP contribution in [0.25, 0.3) is 0 Å². The van der Waals surface area contributed by atoms with E-state index in [2.05, 4.69) is 40.6 Å². The van der Waals surface area contributed by atoms with Crippen LogP contribution in [0.3, 0.4) is 0 Å². The molecule has 2 atom stereocenters. The molecular formula is C15H19N3O2. The highest BCUT2D eigenvalue weighted by Crippen LogP contribution is 2.23. The minimum atomic E-state index is 0.110. The number of aryl methyl sites for hydroxylation is 1. The van der Waals surface area contributed by atoms with Crippen molar-refractivity contribution in [1.29, 1.82) is 0 Å². The molecule has 1 N–H and O–H groups in total. The van der Waals surface area contributed by atoms with Crippen LogP contribution < -0.4 is 5.32 Å². The van der Waals surface area contributed by atoms with E-state index in [9.17, 15) is 0 Å². The minimum Gasteiger partial charge on any atom is -0.380 e. The molecule has 1 aromatic carbocycles. The molecule has 5 nitrogen and oxygen atoms in total. The van der Waals surface area contributed by atoms with E-state index < -0.39 is 0 Å². The SMILES string of the molecule is CO[C@@H]1CN[C@@H](c2nc(Cc3cccc(C)c3)no2)C1. The van der Waals surface area contributed by atoms with Gasteiger partial charge in [-0.2, -0.15) is 4.98 Å². The summed E-state index contributed by atoms with van der Waals surface area (Å²) in [6, 6.07) is 8.47. The lowest BCUT2D eigenvalue weighted by molar-refractivity contribution is 0.116. The number of benzene rings is 1. The summed E-state index contributed by atoms with van der Waals surface area (Å²) in [5, 5.41) is 7.41. The molecule has 1 aliphatic rings. The largest absolute Gasteiger partial charge is 0.380 e. The maximum atomic E-state index is 5.36. The van der Waals surface area contributed by atoms with Crippen molar-refractivity contribution in [1.82, 2.24) is 15.5 Å². The van der Waals surface area contributed by atoms with Crippen LogP contribution in [0.4, 0.5) is 0 Å². The van der Waals surface area contributed by atoms with E-state index in [1.165, 1.54) is 11.1 Å². The van der Waals surface area contributed by atoms with Crippen molar-refractivity contribution in [3.05, 3.63) is 47.1 Å². The van der Waals surface area contributed by atoms with Gasteiger partial charge in [-0.05, 0) is 18.9 Å². The van der Waals surface area contributed by atoms with Crippen molar-refractivity contribution in [3.63, 3.8) is 0 Å². The Labute approximate surface area is 118 Å². The minimum absolute atomic E-state index is 0.110. The topological polar surface area (TPSA) is 60.2 Å². The highest BCUT2D eigenvalue weighted by Gasteiger charge is 2.29. The lowest BCUT2D eigenvalue weighted by atomic mass is 10.1. The Kier molecular flexibility index (Phi) is 3.80. The van der Waals surface area contributed by atoms with Crippen molar-refractivity contribution in [2.75, 3.05) is 13.7 Å². The number of hydrogen-bond donors (Lipinski definition) is 1. The Morgan fingerprint density at radius 2 is 2.35 bits per heavy atom. The Balaban J connectivity index is 1.68. The number of nitrogens with one attached hydrogen (secondary N) is 1. The van der Waals surface area contributed by atoms with Crippen molar-refractivity contribution in [2.45, 2.75) is 31.9 Å². The molecule has 2 aromatic rings. The predicted octanol–water partition coefficient (Wildman–Crippen LogP) is 2.02. The van der Waals surface area contributed by atoms with Crippen LogP contribution in [0.15, 0.2) is 28.8 Å². The smallest absolute Gasteiger partial charge is 0.243 e. The quantitative estimate of drug-likeness (QED) is 0.923.